The minimum Gasteiger partial charge on any atom is -0.490 e. The molecule has 9 heteroatoms. The second-order valence-corrected chi connectivity index (χ2v) is 7.66. The van der Waals surface area contributed by atoms with Gasteiger partial charge in [0.1, 0.15) is 11.6 Å². The lowest BCUT2D eigenvalue weighted by molar-refractivity contribution is -0.137. The van der Waals surface area contributed by atoms with Crippen molar-refractivity contribution in [2.45, 2.75) is 39.5 Å². The molecular weight excluding hydrogens is 489 g/mol. The third kappa shape index (κ3) is 6.76. The second kappa shape index (κ2) is 11.0. The molecule has 1 N–H and O–H groups in total. The molecule has 0 saturated heterocycles. The average molecular weight is 511 g/mol. The van der Waals surface area contributed by atoms with Crippen molar-refractivity contribution >= 4 is 33.6 Å². The van der Waals surface area contributed by atoms with Gasteiger partial charge in [-0.25, -0.2) is 0 Å². The van der Waals surface area contributed by atoms with Gasteiger partial charge in [-0.15, -0.1) is 0 Å². The lowest BCUT2D eigenvalue weighted by Crippen LogP contribution is -2.14. The molecule has 5 nitrogen and oxygen atoms in total. The highest BCUT2D eigenvalue weighted by molar-refractivity contribution is 9.10. The van der Waals surface area contributed by atoms with Crippen molar-refractivity contribution in [2.24, 2.45) is 0 Å². The normalized spacial score (nSPS) is 12.6. The van der Waals surface area contributed by atoms with Crippen LogP contribution in [0, 0.1) is 11.3 Å². The van der Waals surface area contributed by atoms with E-state index in [0.29, 0.717) is 28.1 Å². The zero-order valence-electron chi connectivity index (χ0n) is 17.7. The van der Waals surface area contributed by atoms with Gasteiger partial charge in [-0.2, -0.15) is 18.4 Å². The van der Waals surface area contributed by atoms with Crippen LogP contribution in [0.3, 0.4) is 0 Å². The first kappa shape index (κ1) is 25.3. The molecule has 32 heavy (non-hydrogen) atoms. The molecule has 2 aromatic rings. The molecule has 2 rings (SSSR count). The Bertz CT molecular complexity index is 1050. The molecule has 0 heterocycles. The van der Waals surface area contributed by atoms with Crippen molar-refractivity contribution in [3.63, 3.8) is 0 Å². The topological polar surface area (TPSA) is 71.3 Å². The summed E-state index contributed by atoms with van der Waals surface area (Å²) < 4.78 is 50.8. The van der Waals surface area contributed by atoms with Gasteiger partial charge in [0.2, 0.25) is 0 Å². The number of nitrogens with zero attached hydrogens (tertiary/aromatic N) is 1. The number of nitriles is 1. The summed E-state index contributed by atoms with van der Waals surface area (Å²) in [6, 6.07) is 9.26. The number of rotatable bonds is 8. The van der Waals surface area contributed by atoms with E-state index in [1.54, 1.807) is 18.2 Å². The number of hydrogen-bond acceptors (Lipinski definition) is 4. The molecule has 0 bridgehead atoms. The SMILES string of the molecule is CCOc1cc(/C=C(/C#N)C(=O)Nc2cccc(C(F)(F)F)c2)cc(Br)c1O[C@@H](C)CC. The van der Waals surface area contributed by atoms with E-state index in [-0.39, 0.29) is 17.4 Å². The summed E-state index contributed by atoms with van der Waals surface area (Å²) >= 11 is 3.43. The van der Waals surface area contributed by atoms with Crippen LogP contribution < -0.4 is 14.8 Å². The quantitative estimate of drug-likeness (QED) is 0.321. The van der Waals surface area contributed by atoms with Gasteiger partial charge in [0.25, 0.3) is 5.91 Å². The average Bonchev–Trinajstić information content (AvgIpc) is 2.73. The van der Waals surface area contributed by atoms with Gasteiger partial charge >= 0.3 is 6.18 Å². The molecule has 0 aliphatic rings. The van der Waals surface area contributed by atoms with Crippen molar-refractivity contribution in [3.05, 3.63) is 57.6 Å². The van der Waals surface area contributed by atoms with Crippen molar-refractivity contribution in [1.82, 2.24) is 0 Å². The maximum atomic E-state index is 12.9. The smallest absolute Gasteiger partial charge is 0.416 e. The molecule has 0 aromatic heterocycles. The number of ether oxygens (including phenoxy) is 2. The molecule has 2 aromatic carbocycles. The van der Waals surface area contributed by atoms with Crippen LogP contribution in [0.25, 0.3) is 6.08 Å². The summed E-state index contributed by atoms with van der Waals surface area (Å²) in [5, 5.41) is 11.8. The van der Waals surface area contributed by atoms with E-state index in [1.807, 2.05) is 20.8 Å². The highest BCUT2D eigenvalue weighted by Crippen LogP contribution is 2.38. The summed E-state index contributed by atoms with van der Waals surface area (Å²) in [4.78, 5) is 12.5. The van der Waals surface area contributed by atoms with Gasteiger partial charge in [-0.05, 0) is 78.2 Å². The van der Waals surface area contributed by atoms with Crippen LogP contribution in [0.4, 0.5) is 18.9 Å². The first-order valence-electron chi connectivity index (χ1n) is 9.82. The summed E-state index contributed by atoms with van der Waals surface area (Å²) in [7, 11) is 0. The number of halogens is 4. The number of anilines is 1. The zero-order chi connectivity index (χ0) is 23.9. The number of carbonyl (C=O) groups is 1. The first-order valence-corrected chi connectivity index (χ1v) is 10.6. The molecule has 0 aliphatic carbocycles. The summed E-state index contributed by atoms with van der Waals surface area (Å²) in [5.74, 6) is 0.107. The lowest BCUT2D eigenvalue weighted by Gasteiger charge is -2.18. The third-order valence-electron chi connectivity index (χ3n) is 4.35. The highest BCUT2D eigenvalue weighted by atomic mass is 79.9. The van der Waals surface area contributed by atoms with Gasteiger partial charge in [-0.1, -0.05) is 13.0 Å². The fraction of sp³-hybridized carbons (Fsp3) is 0.304. The predicted molar refractivity (Wildman–Crippen MR) is 119 cm³/mol. The Morgan fingerprint density at radius 1 is 1.28 bits per heavy atom. The molecule has 0 spiro atoms. The van der Waals surface area contributed by atoms with Gasteiger partial charge in [0.15, 0.2) is 11.5 Å². The fourth-order valence-corrected chi connectivity index (χ4v) is 3.17. The Balaban J connectivity index is 2.34. The molecule has 1 atom stereocenters. The molecule has 170 valence electrons. The van der Waals surface area contributed by atoms with Crippen molar-refractivity contribution in [3.8, 4) is 17.6 Å². The molecule has 0 radical (unpaired) electrons. The van der Waals surface area contributed by atoms with Gasteiger partial charge < -0.3 is 14.8 Å². The van der Waals surface area contributed by atoms with Crippen LogP contribution in [0.5, 0.6) is 11.5 Å². The van der Waals surface area contributed by atoms with Crippen molar-refractivity contribution in [1.29, 1.82) is 5.26 Å². The Morgan fingerprint density at radius 3 is 2.59 bits per heavy atom. The van der Waals surface area contributed by atoms with E-state index in [9.17, 15) is 23.2 Å². The molecule has 0 aliphatic heterocycles. The standard InChI is InChI=1S/C23H22BrF3N2O3/c1-4-14(3)32-21-19(24)10-15(11-20(21)31-5-2)9-16(13-28)22(30)29-18-8-6-7-17(12-18)23(25,26)27/h6-12,14H,4-5H2,1-3H3,(H,29,30)/b16-9-/t14-/m0/s1. The maximum Gasteiger partial charge on any atom is 0.416 e. The van der Waals surface area contributed by atoms with Crippen molar-refractivity contribution in [2.75, 3.05) is 11.9 Å². The number of hydrogen-bond donors (Lipinski definition) is 1. The van der Waals surface area contributed by atoms with E-state index < -0.39 is 17.6 Å². The zero-order valence-corrected chi connectivity index (χ0v) is 19.3. The predicted octanol–water partition coefficient (Wildman–Crippen LogP) is 6.59. The Morgan fingerprint density at radius 2 is 2.00 bits per heavy atom. The van der Waals surface area contributed by atoms with Crippen LogP contribution >= 0.6 is 15.9 Å². The summed E-state index contributed by atoms with van der Waals surface area (Å²) in [6.45, 7) is 6.09. The van der Waals surface area contributed by atoms with Gasteiger partial charge in [-0.3, -0.25) is 4.79 Å². The number of amides is 1. The van der Waals surface area contributed by atoms with E-state index in [0.717, 1.165) is 18.6 Å². The molecule has 0 fully saturated rings. The Labute approximate surface area is 193 Å². The first-order chi connectivity index (χ1) is 15.1. The monoisotopic (exact) mass is 510 g/mol. The highest BCUT2D eigenvalue weighted by Gasteiger charge is 2.30. The summed E-state index contributed by atoms with van der Waals surface area (Å²) in [5.41, 5.74) is -0.778. The molecule has 0 saturated carbocycles. The minimum atomic E-state index is -4.55. The Kier molecular flexibility index (Phi) is 8.72. The van der Waals surface area contributed by atoms with Crippen LogP contribution in [-0.2, 0) is 11.0 Å². The minimum absolute atomic E-state index is 0.0557. The largest absolute Gasteiger partial charge is 0.490 e. The molecule has 0 unspecified atom stereocenters. The Hall–Kier alpha value is -2.99. The fourth-order valence-electron chi connectivity index (χ4n) is 2.62. The maximum absolute atomic E-state index is 12.9. The number of alkyl halides is 3. The second-order valence-electron chi connectivity index (χ2n) is 6.80. The van der Waals surface area contributed by atoms with Gasteiger partial charge in [0.05, 0.1) is 22.7 Å². The van der Waals surface area contributed by atoms with Crippen LogP contribution in [0.1, 0.15) is 38.3 Å². The van der Waals surface area contributed by atoms with E-state index in [1.165, 1.54) is 18.2 Å². The lowest BCUT2D eigenvalue weighted by atomic mass is 10.1. The van der Waals surface area contributed by atoms with Crippen LogP contribution in [-0.4, -0.2) is 18.6 Å². The number of benzene rings is 2. The molecular formula is C23H22BrF3N2O3. The van der Waals surface area contributed by atoms with Crippen molar-refractivity contribution < 1.29 is 27.4 Å². The van der Waals surface area contributed by atoms with E-state index in [2.05, 4.69) is 21.2 Å². The van der Waals surface area contributed by atoms with Gasteiger partial charge in [0, 0.05) is 5.69 Å². The van der Waals surface area contributed by atoms with Crippen LogP contribution in [0.15, 0.2) is 46.4 Å². The molecule has 1 amide bonds. The summed E-state index contributed by atoms with van der Waals surface area (Å²) in [6.07, 6.45) is -2.49. The number of nitrogens with one attached hydrogen (secondary N) is 1. The third-order valence-corrected chi connectivity index (χ3v) is 4.94. The van der Waals surface area contributed by atoms with E-state index in [4.69, 9.17) is 9.47 Å². The number of carbonyl (C=O) groups excluding carboxylic acids is 1. The van der Waals surface area contributed by atoms with Crippen LogP contribution in [0.2, 0.25) is 0 Å². The van der Waals surface area contributed by atoms with E-state index >= 15 is 0 Å².